The Morgan fingerprint density at radius 3 is 2.79 bits per heavy atom. The van der Waals surface area contributed by atoms with Crippen molar-refractivity contribution in [3.05, 3.63) is 24.5 Å². The maximum atomic E-state index is 11.9. The highest BCUT2D eigenvalue weighted by atomic mass is 16.5. The van der Waals surface area contributed by atoms with Crippen LogP contribution < -0.4 is 4.74 Å². The van der Waals surface area contributed by atoms with Crippen LogP contribution in [0.25, 0.3) is 0 Å². The number of aliphatic hydroxyl groups excluding tert-OH is 1. The summed E-state index contributed by atoms with van der Waals surface area (Å²) in [5.74, 6) is 0.599. The number of hydrogen-bond donors (Lipinski definition) is 1. The minimum Gasteiger partial charge on any atom is -0.482 e. The molecule has 0 saturated carbocycles. The lowest BCUT2D eigenvalue weighted by Gasteiger charge is -2.34. The van der Waals surface area contributed by atoms with Gasteiger partial charge < -0.3 is 14.7 Å². The molecule has 1 aliphatic rings. The average molecular weight is 265 g/mol. The highest BCUT2D eigenvalue weighted by Gasteiger charge is 2.20. The Morgan fingerprint density at radius 2 is 2.16 bits per heavy atom. The Balaban J connectivity index is 1.73. The van der Waals surface area contributed by atoms with Crippen molar-refractivity contribution in [2.24, 2.45) is 0 Å². The first kappa shape index (κ1) is 13.8. The van der Waals surface area contributed by atoms with Crippen molar-refractivity contribution in [3.63, 3.8) is 0 Å². The molecule has 1 saturated heterocycles. The summed E-state index contributed by atoms with van der Waals surface area (Å²) >= 11 is 0. The molecule has 1 aromatic rings. The Bertz CT molecular complexity index is 391. The summed E-state index contributed by atoms with van der Waals surface area (Å²) in [5.41, 5.74) is 0. The first-order valence-electron chi connectivity index (χ1n) is 6.43. The van der Waals surface area contributed by atoms with Gasteiger partial charge in [-0.2, -0.15) is 0 Å². The molecule has 1 N–H and O–H groups in total. The lowest BCUT2D eigenvalue weighted by atomic mass is 10.3. The van der Waals surface area contributed by atoms with E-state index < -0.39 is 0 Å². The van der Waals surface area contributed by atoms with Crippen molar-refractivity contribution in [2.75, 3.05) is 45.9 Å². The lowest BCUT2D eigenvalue weighted by molar-refractivity contribution is -0.135. The summed E-state index contributed by atoms with van der Waals surface area (Å²) in [6.45, 7) is 3.88. The molecule has 1 aromatic heterocycles. The lowest BCUT2D eigenvalue weighted by Crippen LogP contribution is -2.50. The molecule has 0 unspecified atom stereocenters. The smallest absolute Gasteiger partial charge is 0.260 e. The average Bonchev–Trinajstić information content (AvgIpc) is 2.47. The number of pyridine rings is 1. The molecule has 2 rings (SSSR count). The van der Waals surface area contributed by atoms with Gasteiger partial charge in [-0.1, -0.05) is 0 Å². The summed E-state index contributed by atoms with van der Waals surface area (Å²) in [6.07, 6.45) is 3.25. The number of β-amino-alcohol motifs (C(OH)–C–C–N with tert-alkyl or cyclic N) is 1. The first-order valence-corrected chi connectivity index (χ1v) is 6.43. The zero-order chi connectivity index (χ0) is 13.5. The number of nitrogens with zero attached hydrogens (tertiary/aromatic N) is 3. The van der Waals surface area contributed by atoms with Gasteiger partial charge in [0.05, 0.1) is 12.8 Å². The highest BCUT2D eigenvalue weighted by molar-refractivity contribution is 5.77. The topological polar surface area (TPSA) is 65.9 Å². The van der Waals surface area contributed by atoms with Gasteiger partial charge in [0.15, 0.2) is 6.61 Å². The summed E-state index contributed by atoms with van der Waals surface area (Å²) in [4.78, 5) is 19.8. The fourth-order valence-corrected chi connectivity index (χ4v) is 2.03. The van der Waals surface area contributed by atoms with Crippen LogP contribution in [-0.4, -0.2) is 71.7 Å². The van der Waals surface area contributed by atoms with Gasteiger partial charge in [0.25, 0.3) is 5.91 Å². The normalized spacial score (nSPS) is 16.4. The first-order chi connectivity index (χ1) is 9.29. The largest absolute Gasteiger partial charge is 0.482 e. The van der Waals surface area contributed by atoms with Crippen molar-refractivity contribution in [1.29, 1.82) is 0 Å². The second kappa shape index (κ2) is 7.06. The number of ether oxygens (including phenoxy) is 1. The van der Waals surface area contributed by atoms with Crippen LogP contribution >= 0.6 is 0 Å². The van der Waals surface area contributed by atoms with Gasteiger partial charge in [-0.05, 0) is 12.1 Å². The number of carbonyl (C=O) groups is 1. The minimum absolute atomic E-state index is 0.00694. The van der Waals surface area contributed by atoms with Crippen LogP contribution in [0.1, 0.15) is 0 Å². The fraction of sp³-hybridized carbons (Fsp3) is 0.538. The van der Waals surface area contributed by atoms with Crippen molar-refractivity contribution in [2.45, 2.75) is 0 Å². The molecular formula is C13H19N3O3. The monoisotopic (exact) mass is 265 g/mol. The summed E-state index contributed by atoms with van der Waals surface area (Å²) in [6, 6.07) is 3.55. The summed E-state index contributed by atoms with van der Waals surface area (Å²) < 4.78 is 5.39. The predicted molar refractivity (Wildman–Crippen MR) is 69.8 cm³/mol. The molecule has 104 valence electrons. The zero-order valence-electron chi connectivity index (χ0n) is 10.9. The summed E-state index contributed by atoms with van der Waals surface area (Å²) in [7, 11) is 0. The highest BCUT2D eigenvalue weighted by Crippen LogP contribution is 2.07. The number of aromatic nitrogens is 1. The molecule has 0 aromatic carbocycles. The second-order valence-electron chi connectivity index (χ2n) is 4.42. The number of carbonyl (C=O) groups excluding carboxylic acids is 1. The molecule has 6 heteroatoms. The Morgan fingerprint density at radius 1 is 1.37 bits per heavy atom. The third-order valence-electron chi connectivity index (χ3n) is 3.14. The molecular weight excluding hydrogens is 246 g/mol. The van der Waals surface area contributed by atoms with Crippen molar-refractivity contribution in [1.82, 2.24) is 14.8 Å². The molecule has 6 nitrogen and oxygen atoms in total. The molecule has 0 aliphatic carbocycles. The maximum Gasteiger partial charge on any atom is 0.260 e. The molecule has 1 aliphatic heterocycles. The van der Waals surface area contributed by atoms with Crippen LogP contribution in [0.2, 0.25) is 0 Å². The van der Waals surface area contributed by atoms with Crippen molar-refractivity contribution < 1.29 is 14.6 Å². The van der Waals surface area contributed by atoms with Gasteiger partial charge in [0.1, 0.15) is 5.75 Å². The van der Waals surface area contributed by atoms with Gasteiger partial charge >= 0.3 is 0 Å². The third-order valence-corrected chi connectivity index (χ3v) is 3.14. The fourth-order valence-electron chi connectivity index (χ4n) is 2.03. The van der Waals surface area contributed by atoms with Gasteiger partial charge in [-0.25, -0.2) is 0 Å². The molecule has 2 heterocycles. The van der Waals surface area contributed by atoms with E-state index in [0.717, 1.165) is 13.1 Å². The molecule has 0 radical (unpaired) electrons. The Labute approximate surface area is 112 Å². The predicted octanol–water partition coefficient (Wildman–Crippen LogP) is -0.403. The second-order valence-corrected chi connectivity index (χ2v) is 4.42. The molecule has 0 bridgehead atoms. The summed E-state index contributed by atoms with van der Waals surface area (Å²) in [5, 5.41) is 8.86. The molecule has 1 amide bonds. The molecule has 1 fully saturated rings. The van der Waals surface area contributed by atoms with Gasteiger partial charge in [-0.15, -0.1) is 0 Å². The van der Waals surface area contributed by atoms with Crippen LogP contribution in [0.4, 0.5) is 0 Å². The van der Waals surface area contributed by atoms with Gasteiger partial charge in [-0.3, -0.25) is 14.7 Å². The standard InChI is InChI=1S/C13H19N3O3/c17-9-8-15-4-6-16(7-5-15)13(18)11-19-12-2-1-3-14-10-12/h1-3,10,17H,4-9,11H2. The Kier molecular flexibility index (Phi) is 5.11. The van der Waals surface area contributed by atoms with Crippen LogP contribution in [0.5, 0.6) is 5.75 Å². The number of amides is 1. The van der Waals surface area contributed by atoms with Crippen LogP contribution in [0.15, 0.2) is 24.5 Å². The van der Waals surface area contributed by atoms with E-state index in [4.69, 9.17) is 9.84 Å². The van der Waals surface area contributed by atoms with Crippen LogP contribution in [-0.2, 0) is 4.79 Å². The van der Waals surface area contributed by atoms with E-state index in [-0.39, 0.29) is 19.1 Å². The van der Waals surface area contributed by atoms with E-state index >= 15 is 0 Å². The van der Waals surface area contributed by atoms with Crippen molar-refractivity contribution in [3.8, 4) is 5.75 Å². The van der Waals surface area contributed by atoms with E-state index in [1.165, 1.54) is 0 Å². The quantitative estimate of drug-likeness (QED) is 0.784. The van der Waals surface area contributed by atoms with E-state index in [0.29, 0.717) is 25.4 Å². The van der Waals surface area contributed by atoms with E-state index in [1.807, 2.05) is 0 Å². The van der Waals surface area contributed by atoms with E-state index in [1.54, 1.807) is 29.4 Å². The number of piperazine rings is 1. The van der Waals surface area contributed by atoms with Crippen molar-refractivity contribution >= 4 is 5.91 Å². The zero-order valence-corrected chi connectivity index (χ0v) is 10.9. The maximum absolute atomic E-state index is 11.9. The molecule has 19 heavy (non-hydrogen) atoms. The third kappa shape index (κ3) is 4.18. The number of aliphatic hydroxyl groups is 1. The van der Waals surface area contributed by atoms with Crippen LogP contribution in [0.3, 0.4) is 0 Å². The van der Waals surface area contributed by atoms with Gasteiger partial charge in [0, 0.05) is 38.9 Å². The van der Waals surface area contributed by atoms with Crippen LogP contribution in [0, 0.1) is 0 Å². The minimum atomic E-state index is -0.00694. The SMILES string of the molecule is O=C(COc1cccnc1)N1CCN(CCO)CC1. The molecule has 0 spiro atoms. The number of rotatable bonds is 5. The van der Waals surface area contributed by atoms with Gasteiger partial charge in [0.2, 0.25) is 0 Å². The Hall–Kier alpha value is -1.66. The molecule has 0 atom stereocenters. The number of hydrogen-bond acceptors (Lipinski definition) is 5. The van der Waals surface area contributed by atoms with E-state index in [9.17, 15) is 4.79 Å². The van der Waals surface area contributed by atoms with E-state index in [2.05, 4.69) is 9.88 Å².